The summed E-state index contributed by atoms with van der Waals surface area (Å²) in [4.78, 5) is 2.21. The van der Waals surface area contributed by atoms with E-state index in [4.69, 9.17) is 6.42 Å². The molecule has 68 valence electrons. The lowest BCUT2D eigenvalue weighted by Crippen LogP contribution is -2.22. The highest BCUT2D eigenvalue weighted by atomic mass is 15.1. The molecule has 2 nitrogen and oxygen atoms in total. The van der Waals surface area contributed by atoms with Crippen molar-refractivity contribution in [3.8, 4) is 12.3 Å². The van der Waals surface area contributed by atoms with Crippen molar-refractivity contribution in [2.75, 3.05) is 33.2 Å². The Bertz CT molecular complexity index is 154. The van der Waals surface area contributed by atoms with Crippen LogP contribution in [0.1, 0.15) is 12.8 Å². The van der Waals surface area contributed by atoms with Gasteiger partial charge in [0, 0.05) is 0 Å². The molecule has 1 atom stereocenters. The normalized spacial score (nSPS) is 22.9. The fourth-order valence-corrected chi connectivity index (χ4v) is 1.60. The standard InChI is InChI=1S/C10H18N2/c1-3-7-12(2)8-5-10-4-6-11-9-10/h1,10-11H,4-9H2,2H3. The lowest BCUT2D eigenvalue weighted by atomic mass is 10.1. The lowest BCUT2D eigenvalue weighted by molar-refractivity contribution is 0.336. The van der Waals surface area contributed by atoms with Crippen LogP contribution in [0, 0.1) is 18.3 Å². The zero-order valence-corrected chi connectivity index (χ0v) is 7.84. The summed E-state index contributed by atoms with van der Waals surface area (Å²) in [5.41, 5.74) is 0. The minimum atomic E-state index is 0.778. The summed E-state index contributed by atoms with van der Waals surface area (Å²) in [5, 5.41) is 3.37. The van der Waals surface area contributed by atoms with Crippen molar-refractivity contribution in [2.45, 2.75) is 12.8 Å². The van der Waals surface area contributed by atoms with Crippen LogP contribution in [0.4, 0.5) is 0 Å². The van der Waals surface area contributed by atoms with Crippen LogP contribution in [0.2, 0.25) is 0 Å². The van der Waals surface area contributed by atoms with E-state index in [1.165, 1.54) is 25.9 Å². The number of hydrogen-bond acceptors (Lipinski definition) is 2. The Balaban J connectivity index is 2.04. The zero-order valence-electron chi connectivity index (χ0n) is 7.84. The summed E-state index contributed by atoms with van der Waals surface area (Å²) in [7, 11) is 2.09. The molecule has 1 unspecified atom stereocenters. The molecule has 1 aliphatic rings. The molecule has 1 fully saturated rings. The van der Waals surface area contributed by atoms with E-state index >= 15 is 0 Å². The Kier molecular flexibility index (Phi) is 4.13. The zero-order chi connectivity index (χ0) is 8.81. The van der Waals surface area contributed by atoms with Crippen LogP contribution in [0.5, 0.6) is 0 Å². The molecule has 0 bridgehead atoms. The van der Waals surface area contributed by atoms with Crippen LogP contribution < -0.4 is 5.32 Å². The third-order valence-electron chi connectivity index (χ3n) is 2.44. The third-order valence-corrected chi connectivity index (χ3v) is 2.44. The predicted molar refractivity (Wildman–Crippen MR) is 51.9 cm³/mol. The third kappa shape index (κ3) is 3.25. The van der Waals surface area contributed by atoms with Crippen molar-refractivity contribution in [1.82, 2.24) is 10.2 Å². The molecule has 1 aliphatic heterocycles. The Morgan fingerprint density at radius 2 is 2.50 bits per heavy atom. The smallest absolute Gasteiger partial charge is 0.0596 e. The number of nitrogens with one attached hydrogen (secondary N) is 1. The van der Waals surface area contributed by atoms with E-state index < -0.39 is 0 Å². The van der Waals surface area contributed by atoms with Gasteiger partial charge in [0.2, 0.25) is 0 Å². The maximum absolute atomic E-state index is 5.21. The van der Waals surface area contributed by atoms with Crippen molar-refractivity contribution in [2.24, 2.45) is 5.92 Å². The molecular weight excluding hydrogens is 148 g/mol. The number of rotatable bonds is 4. The Hall–Kier alpha value is -0.520. The van der Waals surface area contributed by atoms with Gasteiger partial charge in [0.1, 0.15) is 0 Å². The molecule has 0 amide bonds. The van der Waals surface area contributed by atoms with E-state index in [1.807, 2.05) is 0 Å². The molecule has 0 radical (unpaired) electrons. The highest BCUT2D eigenvalue weighted by Gasteiger charge is 2.14. The Morgan fingerprint density at radius 3 is 3.08 bits per heavy atom. The fraction of sp³-hybridized carbons (Fsp3) is 0.800. The molecule has 0 aliphatic carbocycles. The van der Waals surface area contributed by atoms with Gasteiger partial charge in [-0.3, -0.25) is 4.90 Å². The summed E-state index contributed by atoms with van der Waals surface area (Å²) < 4.78 is 0. The van der Waals surface area contributed by atoms with Crippen LogP contribution in [0.25, 0.3) is 0 Å². The summed E-state index contributed by atoms with van der Waals surface area (Å²) in [6, 6.07) is 0. The van der Waals surface area contributed by atoms with Gasteiger partial charge in [-0.25, -0.2) is 0 Å². The van der Waals surface area contributed by atoms with Gasteiger partial charge in [-0.05, 0) is 45.4 Å². The van der Waals surface area contributed by atoms with E-state index in [2.05, 4.69) is 23.2 Å². The van der Waals surface area contributed by atoms with Gasteiger partial charge in [0.25, 0.3) is 0 Å². The molecule has 2 heteroatoms. The minimum absolute atomic E-state index is 0.778. The van der Waals surface area contributed by atoms with Crippen LogP contribution in [0.3, 0.4) is 0 Å². The van der Waals surface area contributed by atoms with Crippen LogP contribution in [-0.2, 0) is 0 Å². The minimum Gasteiger partial charge on any atom is -0.316 e. The largest absolute Gasteiger partial charge is 0.316 e. The highest BCUT2D eigenvalue weighted by molar-refractivity contribution is 4.87. The first kappa shape index (κ1) is 9.57. The second-order valence-corrected chi connectivity index (χ2v) is 3.59. The molecule has 0 spiro atoms. The highest BCUT2D eigenvalue weighted by Crippen LogP contribution is 2.11. The van der Waals surface area contributed by atoms with Gasteiger partial charge < -0.3 is 5.32 Å². The monoisotopic (exact) mass is 166 g/mol. The van der Waals surface area contributed by atoms with Gasteiger partial charge >= 0.3 is 0 Å². The average molecular weight is 166 g/mol. The maximum atomic E-state index is 5.21. The molecule has 1 heterocycles. The average Bonchev–Trinajstić information content (AvgIpc) is 2.53. The van der Waals surface area contributed by atoms with Crippen LogP contribution in [0.15, 0.2) is 0 Å². The Morgan fingerprint density at radius 1 is 1.67 bits per heavy atom. The molecule has 12 heavy (non-hydrogen) atoms. The van der Waals surface area contributed by atoms with Crippen molar-refractivity contribution in [3.63, 3.8) is 0 Å². The van der Waals surface area contributed by atoms with Crippen molar-refractivity contribution in [1.29, 1.82) is 0 Å². The molecule has 0 aromatic carbocycles. The lowest BCUT2D eigenvalue weighted by Gasteiger charge is -2.15. The molecule has 0 aromatic heterocycles. The van der Waals surface area contributed by atoms with Crippen LogP contribution >= 0.6 is 0 Å². The molecular formula is C10H18N2. The second kappa shape index (κ2) is 5.18. The Labute approximate surface area is 75.3 Å². The van der Waals surface area contributed by atoms with E-state index in [0.717, 1.165) is 19.0 Å². The first-order valence-electron chi connectivity index (χ1n) is 4.65. The van der Waals surface area contributed by atoms with Crippen molar-refractivity contribution in [3.05, 3.63) is 0 Å². The molecule has 1 N–H and O–H groups in total. The van der Waals surface area contributed by atoms with Crippen molar-refractivity contribution < 1.29 is 0 Å². The van der Waals surface area contributed by atoms with E-state index in [0.29, 0.717) is 0 Å². The fourth-order valence-electron chi connectivity index (χ4n) is 1.60. The van der Waals surface area contributed by atoms with Crippen LogP contribution in [-0.4, -0.2) is 38.1 Å². The van der Waals surface area contributed by atoms with Gasteiger partial charge in [-0.2, -0.15) is 0 Å². The number of terminal acetylenes is 1. The topological polar surface area (TPSA) is 15.3 Å². The number of hydrogen-bond donors (Lipinski definition) is 1. The number of nitrogens with zero attached hydrogens (tertiary/aromatic N) is 1. The van der Waals surface area contributed by atoms with Crippen molar-refractivity contribution >= 4 is 0 Å². The second-order valence-electron chi connectivity index (χ2n) is 3.59. The van der Waals surface area contributed by atoms with E-state index in [9.17, 15) is 0 Å². The van der Waals surface area contributed by atoms with Gasteiger partial charge in [0.15, 0.2) is 0 Å². The van der Waals surface area contributed by atoms with Gasteiger partial charge in [-0.15, -0.1) is 6.42 Å². The SMILES string of the molecule is C#CCN(C)CCC1CCNC1. The van der Waals surface area contributed by atoms with E-state index in [-0.39, 0.29) is 0 Å². The van der Waals surface area contributed by atoms with Gasteiger partial charge in [-0.1, -0.05) is 5.92 Å². The summed E-state index contributed by atoms with van der Waals surface area (Å²) in [5.74, 6) is 3.53. The summed E-state index contributed by atoms with van der Waals surface area (Å²) >= 11 is 0. The molecule has 0 aromatic rings. The first-order chi connectivity index (χ1) is 5.83. The van der Waals surface area contributed by atoms with E-state index in [1.54, 1.807) is 0 Å². The predicted octanol–water partition coefficient (Wildman–Crippen LogP) is 0.551. The summed E-state index contributed by atoms with van der Waals surface area (Å²) in [6.07, 6.45) is 7.83. The molecule has 1 saturated heterocycles. The maximum Gasteiger partial charge on any atom is 0.0596 e. The quantitative estimate of drug-likeness (QED) is 0.614. The summed E-state index contributed by atoms with van der Waals surface area (Å²) in [6.45, 7) is 4.31. The van der Waals surface area contributed by atoms with Gasteiger partial charge in [0.05, 0.1) is 6.54 Å². The molecule has 0 saturated carbocycles. The first-order valence-corrected chi connectivity index (χ1v) is 4.65. The molecule has 1 rings (SSSR count).